The van der Waals surface area contributed by atoms with Gasteiger partial charge in [0.15, 0.2) is 5.69 Å². The van der Waals surface area contributed by atoms with Crippen LogP contribution in [0.4, 0.5) is 5.69 Å². The van der Waals surface area contributed by atoms with Crippen molar-refractivity contribution in [3.63, 3.8) is 0 Å². The normalized spacial score (nSPS) is 25.2. The maximum atomic E-state index is 12.4. The Morgan fingerprint density at radius 3 is 2.75 bits per heavy atom. The van der Waals surface area contributed by atoms with Crippen molar-refractivity contribution in [2.45, 2.75) is 65.5 Å². The fraction of sp³-hybridized carbons (Fsp3) is 0.722. The molecule has 6 heteroatoms. The van der Waals surface area contributed by atoms with Crippen molar-refractivity contribution in [3.8, 4) is 0 Å². The molecule has 3 atom stereocenters. The summed E-state index contributed by atoms with van der Waals surface area (Å²) in [7, 11) is 0. The number of anilines is 1. The van der Waals surface area contributed by atoms with Crippen molar-refractivity contribution in [2.24, 2.45) is 17.8 Å². The summed E-state index contributed by atoms with van der Waals surface area (Å²) in [6.07, 6.45) is 7.08. The Morgan fingerprint density at radius 1 is 1.38 bits per heavy atom. The molecule has 3 rings (SSSR count). The van der Waals surface area contributed by atoms with Crippen molar-refractivity contribution in [3.05, 3.63) is 11.9 Å². The van der Waals surface area contributed by atoms with E-state index in [1.54, 1.807) is 24.7 Å². The Kier molecular flexibility index (Phi) is 4.92. The van der Waals surface area contributed by atoms with E-state index in [1.165, 1.54) is 25.7 Å². The maximum Gasteiger partial charge on any atom is 0.361 e. The average molecular weight is 333 g/mol. The van der Waals surface area contributed by atoms with Crippen molar-refractivity contribution >= 4 is 17.6 Å². The van der Waals surface area contributed by atoms with Gasteiger partial charge < -0.3 is 10.1 Å². The van der Waals surface area contributed by atoms with Crippen molar-refractivity contribution < 1.29 is 14.3 Å². The molecular weight excluding hydrogens is 306 g/mol. The van der Waals surface area contributed by atoms with E-state index in [4.69, 9.17) is 4.74 Å². The molecule has 2 saturated carbocycles. The van der Waals surface area contributed by atoms with Gasteiger partial charge in [0.05, 0.1) is 11.8 Å². The molecule has 1 amide bonds. The second-order valence-electron chi connectivity index (χ2n) is 7.39. The van der Waals surface area contributed by atoms with Gasteiger partial charge in [0.1, 0.15) is 0 Å². The number of esters is 1. The molecule has 2 fully saturated rings. The molecule has 0 aromatic carbocycles. The van der Waals surface area contributed by atoms with Gasteiger partial charge in [-0.15, -0.1) is 0 Å². The van der Waals surface area contributed by atoms with Crippen LogP contribution in [0.25, 0.3) is 0 Å². The molecule has 1 aromatic rings. The largest absolute Gasteiger partial charge is 0.458 e. The maximum absolute atomic E-state index is 12.4. The molecule has 2 aliphatic carbocycles. The SMILES string of the molecule is CCn1cc(NC(=O)CC2CC3CCC2C3)c(C(=O)OC(C)C)n1. The van der Waals surface area contributed by atoms with Crippen molar-refractivity contribution in [2.75, 3.05) is 5.32 Å². The summed E-state index contributed by atoms with van der Waals surface area (Å²) in [5, 5.41) is 7.11. The van der Waals surface area contributed by atoms with Gasteiger partial charge in [0, 0.05) is 19.2 Å². The first-order valence-corrected chi connectivity index (χ1v) is 9.04. The molecule has 6 nitrogen and oxygen atoms in total. The molecule has 1 aromatic heterocycles. The molecule has 2 bridgehead atoms. The fourth-order valence-corrected chi connectivity index (χ4v) is 4.16. The lowest BCUT2D eigenvalue weighted by Crippen LogP contribution is -2.21. The summed E-state index contributed by atoms with van der Waals surface area (Å²) in [6.45, 7) is 6.15. The van der Waals surface area contributed by atoms with Crippen LogP contribution in [-0.2, 0) is 16.1 Å². The molecule has 3 unspecified atom stereocenters. The van der Waals surface area contributed by atoms with Gasteiger partial charge >= 0.3 is 5.97 Å². The summed E-state index contributed by atoms with van der Waals surface area (Å²) < 4.78 is 6.87. The number of rotatable bonds is 6. The van der Waals surface area contributed by atoms with E-state index >= 15 is 0 Å². The van der Waals surface area contributed by atoms with E-state index in [2.05, 4.69) is 10.4 Å². The highest BCUT2D eigenvalue weighted by atomic mass is 16.5. The number of hydrogen-bond acceptors (Lipinski definition) is 4. The van der Waals surface area contributed by atoms with Crippen LogP contribution in [-0.4, -0.2) is 27.8 Å². The van der Waals surface area contributed by atoms with Crippen LogP contribution < -0.4 is 5.32 Å². The van der Waals surface area contributed by atoms with Gasteiger partial charge in [-0.3, -0.25) is 9.48 Å². The minimum Gasteiger partial charge on any atom is -0.458 e. The molecule has 0 saturated heterocycles. The lowest BCUT2D eigenvalue weighted by Gasteiger charge is -2.20. The highest BCUT2D eigenvalue weighted by Gasteiger charge is 2.40. The number of ether oxygens (including phenoxy) is 1. The summed E-state index contributed by atoms with van der Waals surface area (Å²) in [5.74, 6) is 1.52. The molecule has 132 valence electrons. The third kappa shape index (κ3) is 3.62. The average Bonchev–Trinajstić information content (AvgIpc) is 3.21. The summed E-state index contributed by atoms with van der Waals surface area (Å²) in [6, 6.07) is 0. The minimum atomic E-state index is -0.493. The van der Waals surface area contributed by atoms with Crippen LogP contribution in [0.15, 0.2) is 6.20 Å². The predicted octanol–water partition coefficient (Wildman–Crippen LogP) is 3.23. The van der Waals surface area contributed by atoms with E-state index in [0.29, 0.717) is 30.5 Å². The monoisotopic (exact) mass is 333 g/mol. The molecule has 0 aliphatic heterocycles. The second kappa shape index (κ2) is 6.95. The summed E-state index contributed by atoms with van der Waals surface area (Å²) in [5.41, 5.74) is 0.641. The molecular formula is C18H27N3O3. The summed E-state index contributed by atoms with van der Waals surface area (Å²) in [4.78, 5) is 24.6. The number of nitrogens with one attached hydrogen (secondary N) is 1. The van der Waals surface area contributed by atoms with E-state index in [1.807, 2.05) is 6.92 Å². The van der Waals surface area contributed by atoms with Gasteiger partial charge in [-0.25, -0.2) is 4.79 Å². The topological polar surface area (TPSA) is 73.2 Å². The smallest absolute Gasteiger partial charge is 0.361 e. The number of hydrogen-bond donors (Lipinski definition) is 1. The van der Waals surface area contributed by atoms with Crippen LogP contribution >= 0.6 is 0 Å². The Balaban J connectivity index is 1.66. The van der Waals surface area contributed by atoms with Crippen LogP contribution in [0.5, 0.6) is 0 Å². The summed E-state index contributed by atoms with van der Waals surface area (Å²) >= 11 is 0. The third-order valence-corrected chi connectivity index (χ3v) is 5.23. The van der Waals surface area contributed by atoms with E-state index in [-0.39, 0.29) is 17.7 Å². The van der Waals surface area contributed by atoms with Crippen LogP contribution in [0.1, 0.15) is 63.4 Å². The highest BCUT2D eigenvalue weighted by Crippen LogP contribution is 2.49. The van der Waals surface area contributed by atoms with Crippen LogP contribution in [0, 0.1) is 17.8 Å². The van der Waals surface area contributed by atoms with Gasteiger partial charge in [0.2, 0.25) is 5.91 Å². The Morgan fingerprint density at radius 2 is 2.17 bits per heavy atom. The molecule has 1 N–H and O–H groups in total. The number of carbonyl (C=O) groups excluding carboxylic acids is 2. The zero-order chi connectivity index (χ0) is 17.3. The van der Waals surface area contributed by atoms with E-state index in [9.17, 15) is 9.59 Å². The number of carbonyl (C=O) groups is 2. The third-order valence-electron chi connectivity index (χ3n) is 5.23. The molecule has 1 heterocycles. The van der Waals surface area contributed by atoms with E-state index in [0.717, 1.165) is 5.92 Å². The number of aryl methyl sites for hydroxylation is 1. The Bertz CT molecular complexity index is 623. The van der Waals surface area contributed by atoms with Gasteiger partial charge in [0.25, 0.3) is 0 Å². The predicted molar refractivity (Wildman–Crippen MR) is 90.6 cm³/mol. The van der Waals surface area contributed by atoms with Gasteiger partial charge in [-0.05, 0) is 57.8 Å². The molecule has 0 spiro atoms. The first kappa shape index (κ1) is 17.0. The zero-order valence-electron chi connectivity index (χ0n) is 14.7. The molecule has 0 radical (unpaired) electrons. The molecule has 24 heavy (non-hydrogen) atoms. The number of nitrogens with zero attached hydrogens (tertiary/aromatic N) is 2. The highest BCUT2D eigenvalue weighted by molar-refractivity contribution is 5.99. The first-order valence-electron chi connectivity index (χ1n) is 9.04. The number of amides is 1. The minimum absolute atomic E-state index is 0.0261. The standard InChI is InChI=1S/C18H27N3O3/c1-4-21-10-15(17(20-21)18(23)24-11(2)3)19-16(22)9-14-8-12-5-6-13(14)7-12/h10-14H,4-9H2,1-3H3,(H,19,22). The Hall–Kier alpha value is -1.85. The fourth-order valence-electron chi connectivity index (χ4n) is 4.16. The van der Waals surface area contributed by atoms with Gasteiger partial charge in [-0.1, -0.05) is 6.42 Å². The second-order valence-corrected chi connectivity index (χ2v) is 7.39. The van der Waals surface area contributed by atoms with Crippen molar-refractivity contribution in [1.29, 1.82) is 0 Å². The zero-order valence-corrected chi connectivity index (χ0v) is 14.7. The number of fused-ring (bicyclic) bond motifs is 2. The molecule has 2 aliphatic rings. The lowest BCUT2D eigenvalue weighted by atomic mass is 9.86. The Labute approximate surface area is 142 Å². The van der Waals surface area contributed by atoms with Gasteiger partial charge in [-0.2, -0.15) is 5.10 Å². The van der Waals surface area contributed by atoms with E-state index < -0.39 is 5.97 Å². The van der Waals surface area contributed by atoms with Crippen LogP contribution in [0.2, 0.25) is 0 Å². The van der Waals surface area contributed by atoms with Crippen LogP contribution in [0.3, 0.4) is 0 Å². The van der Waals surface area contributed by atoms with Crippen molar-refractivity contribution in [1.82, 2.24) is 9.78 Å². The lowest BCUT2D eigenvalue weighted by molar-refractivity contribution is -0.117. The quantitative estimate of drug-likeness (QED) is 0.811. The first-order chi connectivity index (χ1) is 11.5. The number of aromatic nitrogens is 2.